The minimum Gasteiger partial charge on any atom is -0.334 e. The van der Waals surface area contributed by atoms with Crippen molar-refractivity contribution in [2.45, 2.75) is 20.0 Å². The van der Waals surface area contributed by atoms with E-state index in [1.807, 2.05) is 6.07 Å². The molecule has 0 spiro atoms. The molecule has 0 saturated heterocycles. The summed E-state index contributed by atoms with van der Waals surface area (Å²) in [6.45, 7) is 2.42. The van der Waals surface area contributed by atoms with Gasteiger partial charge in [-0.1, -0.05) is 11.6 Å². The van der Waals surface area contributed by atoms with E-state index in [4.69, 9.17) is 11.6 Å². The van der Waals surface area contributed by atoms with E-state index in [1.165, 1.54) is 33.8 Å². The first-order valence-electron chi connectivity index (χ1n) is 8.19. The Hall–Kier alpha value is -2.56. The van der Waals surface area contributed by atoms with Crippen LogP contribution in [0.15, 0.2) is 29.9 Å². The van der Waals surface area contributed by atoms with Gasteiger partial charge >= 0.3 is 6.03 Å². The standard InChI is InChI=1S/C17H17ClN6O2S2/c1-10-14(20-6-5-19-10)15(25)24(2)8-11-9-27-17(22-11)23-16(26)21-7-12-3-4-13(18)28-12/h3-6,9H,7-8H2,1-2H3,(H2,21,22,23,26). The molecule has 3 rings (SSSR count). The monoisotopic (exact) mass is 436 g/mol. The van der Waals surface area contributed by atoms with Gasteiger partial charge in [-0.15, -0.1) is 22.7 Å². The van der Waals surface area contributed by atoms with E-state index in [2.05, 4.69) is 25.6 Å². The first kappa shape index (κ1) is 20.2. The predicted molar refractivity (Wildman–Crippen MR) is 110 cm³/mol. The summed E-state index contributed by atoms with van der Waals surface area (Å²) in [6, 6.07) is 3.29. The minimum atomic E-state index is -0.356. The summed E-state index contributed by atoms with van der Waals surface area (Å²) in [5.41, 5.74) is 1.55. The number of halogens is 1. The predicted octanol–water partition coefficient (Wildman–Crippen LogP) is 3.55. The molecule has 0 aromatic carbocycles. The van der Waals surface area contributed by atoms with Crippen LogP contribution in [0.5, 0.6) is 0 Å². The number of rotatable bonds is 6. The molecular weight excluding hydrogens is 420 g/mol. The Morgan fingerprint density at radius 1 is 1.25 bits per heavy atom. The van der Waals surface area contributed by atoms with Gasteiger partial charge in [-0.25, -0.2) is 14.8 Å². The molecule has 8 nitrogen and oxygen atoms in total. The van der Waals surface area contributed by atoms with Crippen molar-refractivity contribution in [3.8, 4) is 0 Å². The average Bonchev–Trinajstić information content (AvgIpc) is 3.28. The van der Waals surface area contributed by atoms with Crippen molar-refractivity contribution in [2.75, 3.05) is 12.4 Å². The number of amides is 3. The Morgan fingerprint density at radius 2 is 2.04 bits per heavy atom. The summed E-state index contributed by atoms with van der Waals surface area (Å²) in [7, 11) is 1.67. The second kappa shape index (κ2) is 9.09. The largest absolute Gasteiger partial charge is 0.334 e. The SMILES string of the molecule is Cc1nccnc1C(=O)N(C)Cc1csc(NC(=O)NCc2ccc(Cl)s2)n1. The number of hydrogen-bond donors (Lipinski definition) is 2. The lowest BCUT2D eigenvalue weighted by molar-refractivity contribution is 0.0776. The summed E-state index contributed by atoms with van der Waals surface area (Å²) in [4.78, 5) is 39.5. The zero-order valence-corrected chi connectivity index (χ0v) is 17.5. The number of thiazole rings is 1. The highest BCUT2D eigenvalue weighted by Crippen LogP contribution is 2.21. The zero-order chi connectivity index (χ0) is 20.1. The molecule has 0 bridgehead atoms. The smallest absolute Gasteiger partial charge is 0.321 e. The van der Waals surface area contributed by atoms with E-state index in [-0.39, 0.29) is 11.9 Å². The number of urea groups is 1. The molecule has 3 amide bonds. The topological polar surface area (TPSA) is 100 Å². The van der Waals surface area contributed by atoms with Crippen LogP contribution in [0.25, 0.3) is 0 Å². The highest BCUT2D eigenvalue weighted by Gasteiger charge is 2.17. The van der Waals surface area contributed by atoms with E-state index in [0.717, 1.165) is 4.88 Å². The third-order valence-electron chi connectivity index (χ3n) is 3.65. The molecule has 11 heteroatoms. The lowest BCUT2D eigenvalue weighted by Crippen LogP contribution is -2.28. The number of nitrogens with zero attached hydrogens (tertiary/aromatic N) is 4. The Morgan fingerprint density at radius 3 is 2.75 bits per heavy atom. The molecule has 28 heavy (non-hydrogen) atoms. The Bertz CT molecular complexity index is 989. The maximum Gasteiger partial charge on any atom is 0.321 e. The van der Waals surface area contributed by atoms with E-state index in [1.54, 1.807) is 31.6 Å². The van der Waals surface area contributed by atoms with E-state index in [0.29, 0.717) is 39.6 Å². The summed E-state index contributed by atoms with van der Waals surface area (Å²) in [5, 5.41) is 7.68. The van der Waals surface area contributed by atoms with Crippen LogP contribution in [0.3, 0.4) is 0 Å². The number of aromatic nitrogens is 3. The third kappa shape index (κ3) is 5.24. The molecule has 3 aromatic rings. The van der Waals surface area contributed by atoms with Crippen LogP contribution in [0.2, 0.25) is 4.34 Å². The molecule has 146 valence electrons. The van der Waals surface area contributed by atoms with Crippen LogP contribution in [0.1, 0.15) is 26.8 Å². The van der Waals surface area contributed by atoms with Crippen LogP contribution < -0.4 is 10.6 Å². The van der Waals surface area contributed by atoms with Crippen LogP contribution >= 0.6 is 34.3 Å². The zero-order valence-electron chi connectivity index (χ0n) is 15.1. The first-order valence-corrected chi connectivity index (χ1v) is 10.3. The lowest BCUT2D eigenvalue weighted by Gasteiger charge is -2.15. The minimum absolute atomic E-state index is 0.236. The Labute approximate surface area is 174 Å². The molecule has 0 aliphatic rings. The van der Waals surface area contributed by atoms with Gasteiger partial charge in [-0.2, -0.15) is 0 Å². The van der Waals surface area contributed by atoms with Crippen molar-refractivity contribution < 1.29 is 9.59 Å². The number of hydrogen-bond acceptors (Lipinski definition) is 7. The van der Waals surface area contributed by atoms with Crippen LogP contribution in [0.4, 0.5) is 9.93 Å². The average molecular weight is 437 g/mol. The molecule has 0 radical (unpaired) electrons. The van der Waals surface area contributed by atoms with Gasteiger partial charge < -0.3 is 10.2 Å². The van der Waals surface area contributed by atoms with Crippen LogP contribution in [0, 0.1) is 6.92 Å². The van der Waals surface area contributed by atoms with Gasteiger partial charge in [-0.3, -0.25) is 15.1 Å². The van der Waals surface area contributed by atoms with Crippen molar-refractivity contribution in [3.05, 3.63) is 56.2 Å². The fourth-order valence-corrected chi connectivity index (χ4v) is 4.03. The Kier molecular flexibility index (Phi) is 6.55. The molecule has 3 aromatic heterocycles. The molecule has 3 heterocycles. The van der Waals surface area contributed by atoms with E-state index in [9.17, 15) is 9.59 Å². The molecular formula is C17H17ClN6O2S2. The van der Waals surface area contributed by atoms with Gasteiger partial charge in [0.25, 0.3) is 5.91 Å². The number of thiophene rings is 1. The van der Waals surface area contributed by atoms with Crippen molar-refractivity contribution >= 4 is 51.3 Å². The second-order valence-electron chi connectivity index (χ2n) is 5.81. The maximum atomic E-state index is 12.5. The van der Waals surface area contributed by atoms with Crippen molar-refractivity contribution in [3.63, 3.8) is 0 Å². The lowest BCUT2D eigenvalue weighted by atomic mass is 10.3. The highest BCUT2D eigenvalue weighted by molar-refractivity contribution is 7.16. The number of nitrogens with one attached hydrogen (secondary N) is 2. The van der Waals surface area contributed by atoms with Gasteiger partial charge in [-0.05, 0) is 19.1 Å². The number of anilines is 1. The maximum absolute atomic E-state index is 12.5. The normalized spacial score (nSPS) is 10.5. The molecule has 0 aliphatic heterocycles. The van der Waals surface area contributed by atoms with Crippen LogP contribution in [-0.4, -0.2) is 38.8 Å². The van der Waals surface area contributed by atoms with E-state index < -0.39 is 0 Å². The van der Waals surface area contributed by atoms with Crippen molar-refractivity contribution in [1.29, 1.82) is 0 Å². The quantitative estimate of drug-likeness (QED) is 0.615. The fourth-order valence-electron chi connectivity index (χ4n) is 2.31. The number of carbonyl (C=O) groups is 2. The molecule has 0 atom stereocenters. The fraction of sp³-hybridized carbons (Fsp3) is 0.235. The van der Waals surface area contributed by atoms with Gasteiger partial charge in [0.2, 0.25) is 0 Å². The Balaban J connectivity index is 1.52. The summed E-state index contributed by atoms with van der Waals surface area (Å²) < 4.78 is 0.678. The van der Waals surface area contributed by atoms with E-state index >= 15 is 0 Å². The molecule has 0 unspecified atom stereocenters. The molecule has 0 fully saturated rings. The van der Waals surface area contributed by atoms with Crippen molar-refractivity contribution in [1.82, 2.24) is 25.2 Å². The number of carbonyl (C=O) groups excluding carboxylic acids is 2. The molecule has 0 saturated carbocycles. The third-order valence-corrected chi connectivity index (χ3v) is 5.69. The van der Waals surface area contributed by atoms with Gasteiger partial charge in [0.05, 0.1) is 28.8 Å². The van der Waals surface area contributed by atoms with Gasteiger partial charge in [0.15, 0.2) is 5.13 Å². The second-order valence-corrected chi connectivity index (χ2v) is 8.47. The summed E-state index contributed by atoms with van der Waals surface area (Å²) in [6.07, 6.45) is 3.03. The summed E-state index contributed by atoms with van der Waals surface area (Å²) >= 11 is 8.57. The van der Waals surface area contributed by atoms with Crippen molar-refractivity contribution in [2.24, 2.45) is 0 Å². The van der Waals surface area contributed by atoms with Crippen LogP contribution in [-0.2, 0) is 13.1 Å². The summed E-state index contributed by atoms with van der Waals surface area (Å²) in [5.74, 6) is -0.236. The molecule has 0 aliphatic carbocycles. The van der Waals surface area contributed by atoms with Gasteiger partial charge in [0.1, 0.15) is 5.69 Å². The number of aryl methyl sites for hydroxylation is 1. The molecule has 2 N–H and O–H groups in total. The highest BCUT2D eigenvalue weighted by atomic mass is 35.5. The first-order chi connectivity index (χ1) is 13.4. The van der Waals surface area contributed by atoms with Gasteiger partial charge in [0, 0.05) is 29.7 Å².